The summed E-state index contributed by atoms with van der Waals surface area (Å²) in [5.41, 5.74) is 0.292. The number of aliphatic hydroxyl groups excluding tert-OH is 1. The fourth-order valence-corrected chi connectivity index (χ4v) is 1.27. The van der Waals surface area contributed by atoms with Crippen LogP contribution in [-0.4, -0.2) is 48.0 Å². The Morgan fingerprint density at radius 3 is 2.71 bits per heavy atom. The minimum atomic E-state index is -0.337. The Morgan fingerprint density at radius 2 is 2.24 bits per heavy atom. The minimum Gasteiger partial charge on any atom is -0.393 e. The van der Waals surface area contributed by atoms with Crippen LogP contribution in [0.25, 0.3) is 0 Å². The van der Waals surface area contributed by atoms with Crippen molar-refractivity contribution in [2.24, 2.45) is 0 Å². The lowest BCUT2D eigenvalue weighted by atomic mass is 10.3. The predicted molar refractivity (Wildman–Crippen MR) is 65.0 cm³/mol. The van der Waals surface area contributed by atoms with Gasteiger partial charge in [0.05, 0.1) is 6.10 Å². The molecule has 0 aliphatic carbocycles. The Bertz CT molecular complexity index is 364. The van der Waals surface area contributed by atoms with Crippen LogP contribution in [-0.2, 0) is 0 Å². The molecule has 0 saturated carbocycles. The molecule has 0 saturated heterocycles. The van der Waals surface area contributed by atoms with Gasteiger partial charge in [0.15, 0.2) is 11.5 Å². The molecule has 1 heterocycles. The lowest BCUT2D eigenvalue weighted by Gasteiger charge is -2.18. The maximum atomic E-state index is 11.2. The van der Waals surface area contributed by atoms with Crippen molar-refractivity contribution in [3.8, 4) is 0 Å². The Balaban J connectivity index is 2.63. The van der Waals surface area contributed by atoms with Gasteiger partial charge in [0, 0.05) is 20.6 Å². The largest absolute Gasteiger partial charge is 0.393 e. The summed E-state index contributed by atoms with van der Waals surface area (Å²) in [6, 6.07) is 3.36. The van der Waals surface area contributed by atoms with E-state index in [2.05, 4.69) is 15.5 Å². The number of carbonyl (C=O) groups is 1. The first-order valence-electron chi connectivity index (χ1n) is 5.49. The molecule has 1 rings (SSSR count). The number of carbonyl (C=O) groups excluding carboxylic acids is 1. The van der Waals surface area contributed by atoms with Gasteiger partial charge in [-0.2, -0.15) is 0 Å². The summed E-state index contributed by atoms with van der Waals surface area (Å²) in [5, 5.41) is 19.5. The van der Waals surface area contributed by atoms with E-state index < -0.39 is 0 Å². The number of nitrogens with zero attached hydrogens (tertiary/aromatic N) is 3. The maximum absolute atomic E-state index is 11.2. The van der Waals surface area contributed by atoms with Gasteiger partial charge in [0.2, 0.25) is 0 Å². The Morgan fingerprint density at radius 1 is 1.53 bits per heavy atom. The molecule has 0 aliphatic heterocycles. The first kappa shape index (κ1) is 13.4. The van der Waals surface area contributed by atoms with Crippen LogP contribution in [0.3, 0.4) is 0 Å². The molecule has 0 radical (unpaired) electrons. The zero-order chi connectivity index (χ0) is 12.8. The molecule has 1 aromatic heterocycles. The fraction of sp³-hybridized carbons (Fsp3) is 0.545. The van der Waals surface area contributed by atoms with Crippen LogP contribution in [0.4, 0.5) is 5.82 Å². The van der Waals surface area contributed by atoms with E-state index in [-0.39, 0.29) is 12.0 Å². The van der Waals surface area contributed by atoms with E-state index >= 15 is 0 Å². The van der Waals surface area contributed by atoms with Crippen LogP contribution in [0, 0.1) is 0 Å². The Labute approximate surface area is 101 Å². The van der Waals surface area contributed by atoms with Gasteiger partial charge in [-0.15, -0.1) is 10.2 Å². The van der Waals surface area contributed by atoms with E-state index in [0.29, 0.717) is 24.5 Å². The smallest absolute Gasteiger partial charge is 0.271 e. The van der Waals surface area contributed by atoms with Gasteiger partial charge in [0.1, 0.15) is 0 Å². The van der Waals surface area contributed by atoms with E-state index in [4.69, 9.17) is 0 Å². The molecule has 0 bridgehead atoms. The second kappa shape index (κ2) is 6.15. The number of hydrogen-bond donors (Lipinski definition) is 2. The molecule has 6 heteroatoms. The Hall–Kier alpha value is -1.69. The summed E-state index contributed by atoms with van der Waals surface area (Å²) < 4.78 is 0. The minimum absolute atomic E-state index is 0.254. The molecule has 94 valence electrons. The molecule has 0 aromatic carbocycles. The third kappa shape index (κ3) is 3.99. The molecule has 6 nitrogen and oxygen atoms in total. The first-order valence-corrected chi connectivity index (χ1v) is 5.49. The van der Waals surface area contributed by atoms with E-state index in [9.17, 15) is 9.90 Å². The number of aliphatic hydroxyl groups is 1. The molecule has 1 amide bonds. The summed E-state index contributed by atoms with van der Waals surface area (Å²) in [6.07, 6.45) is 0.325. The third-order valence-electron chi connectivity index (χ3n) is 2.38. The van der Waals surface area contributed by atoms with Crippen molar-refractivity contribution in [1.29, 1.82) is 0 Å². The van der Waals surface area contributed by atoms with Crippen molar-refractivity contribution in [2.45, 2.75) is 19.4 Å². The highest BCUT2D eigenvalue weighted by molar-refractivity contribution is 5.91. The van der Waals surface area contributed by atoms with Gasteiger partial charge in [-0.25, -0.2) is 0 Å². The van der Waals surface area contributed by atoms with Gasteiger partial charge < -0.3 is 15.3 Å². The second-order valence-corrected chi connectivity index (χ2v) is 3.92. The van der Waals surface area contributed by atoms with Gasteiger partial charge in [-0.1, -0.05) is 0 Å². The van der Waals surface area contributed by atoms with Crippen molar-refractivity contribution in [3.63, 3.8) is 0 Å². The highest BCUT2D eigenvalue weighted by Crippen LogP contribution is 2.08. The van der Waals surface area contributed by atoms with Crippen LogP contribution in [0.1, 0.15) is 23.8 Å². The zero-order valence-electron chi connectivity index (χ0n) is 10.3. The average Bonchev–Trinajstić information content (AvgIpc) is 2.35. The highest BCUT2D eigenvalue weighted by Gasteiger charge is 2.08. The lowest BCUT2D eigenvalue weighted by molar-refractivity contribution is 0.0957. The lowest BCUT2D eigenvalue weighted by Crippen LogP contribution is -2.24. The van der Waals surface area contributed by atoms with Crippen molar-refractivity contribution in [1.82, 2.24) is 15.5 Å². The normalized spacial score (nSPS) is 12.0. The number of hydrogen-bond acceptors (Lipinski definition) is 5. The van der Waals surface area contributed by atoms with Crippen molar-refractivity contribution in [2.75, 3.05) is 25.5 Å². The van der Waals surface area contributed by atoms with Gasteiger partial charge in [-0.05, 0) is 25.5 Å². The van der Waals surface area contributed by atoms with Gasteiger partial charge in [-0.3, -0.25) is 4.79 Å². The Kier molecular flexibility index (Phi) is 4.84. The summed E-state index contributed by atoms with van der Waals surface area (Å²) in [7, 11) is 3.42. The number of rotatable bonds is 5. The second-order valence-electron chi connectivity index (χ2n) is 3.92. The molecular weight excluding hydrogens is 220 g/mol. The average molecular weight is 238 g/mol. The van der Waals surface area contributed by atoms with E-state index in [1.54, 1.807) is 26.1 Å². The summed E-state index contributed by atoms with van der Waals surface area (Å²) in [5.74, 6) is 0.425. The summed E-state index contributed by atoms with van der Waals surface area (Å²) >= 11 is 0. The summed E-state index contributed by atoms with van der Waals surface area (Å²) in [6.45, 7) is 2.43. The number of anilines is 1. The maximum Gasteiger partial charge on any atom is 0.271 e. The topological polar surface area (TPSA) is 78.4 Å². The highest BCUT2D eigenvalue weighted by atomic mass is 16.3. The van der Waals surface area contributed by atoms with Crippen LogP contribution in [0.2, 0.25) is 0 Å². The molecule has 0 spiro atoms. The van der Waals surface area contributed by atoms with E-state index in [1.165, 1.54) is 0 Å². The summed E-state index contributed by atoms with van der Waals surface area (Å²) in [4.78, 5) is 13.1. The molecule has 0 fully saturated rings. The molecular formula is C11H18N4O2. The molecule has 2 N–H and O–H groups in total. The molecule has 1 unspecified atom stereocenters. The monoisotopic (exact) mass is 238 g/mol. The molecule has 1 atom stereocenters. The molecule has 17 heavy (non-hydrogen) atoms. The van der Waals surface area contributed by atoms with E-state index in [1.807, 2.05) is 11.9 Å². The SMILES string of the molecule is CNC(=O)c1ccc(N(C)CCC(C)O)nn1. The third-order valence-corrected chi connectivity index (χ3v) is 2.38. The van der Waals surface area contributed by atoms with Gasteiger partial charge in [0.25, 0.3) is 5.91 Å². The van der Waals surface area contributed by atoms with Crippen molar-refractivity contribution in [3.05, 3.63) is 17.8 Å². The number of nitrogens with one attached hydrogen (secondary N) is 1. The number of amides is 1. The standard InChI is InChI=1S/C11H18N4O2/c1-8(16)6-7-15(3)10-5-4-9(13-14-10)11(17)12-2/h4-5,8,16H,6-7H2,1-3H3,(H,12,17). The zero-order valence-corrected chi connectivity index (χ0v) is 10.3. The van der Waals surface area contributed by atoms with Crippen LogP contribution in [0.15, 0.2) is 12.1 Å². The molecule has 1 aromatic rings. The number of aromatic nitrogens is 2. The van der Waals surface area contributed by atoms with Crippen LogP contribution in [0.5, 0.6) is 0 Å². The predicted octanol–water partition coefficient (Wildman–Crippen LogP) is 0.0433. The van der Waals surface area contributed by atoms with Crippen LogP contribution >= 0.6 is 0 Å². The van der Waals surface area contributed by atoms with Crippen molar-refractivity contribution >= 4 is 11.7 Å². The first-order chi connectivity index (χ1) is 8.04. The molecule has 0 aliphatic rings. The van der Waals surface area contributed by atoms with Crippen LogP contribution < -0.4 is 10.2 Å². The van der Waals surface area contributed by atoms with E-state index in [0.717, 1.165) is 0 Å². The quantitative estimate of drug-likeness (QED) is 0.757. The van der Waals surface area contributed by atoms with Crippen molar-refractivity contribution < 1.29 is 9.90 Å². The fourth-order valence-electron chi connectivity index (χ4n) is 1.27. The van der Waals surface area contributed by atoms with Gasteiger partial charge >= 0.3 is 0 Å².